The van der Waals surface area contributed by atoms with Gasteiger partial charge >= 0.3 is 0 Å². The van der Waals surface area contributed by atoms with Crippen molar-refractivity contribution >= 4 is 11.3 Å². The van der Waals surface area contributed by atoms with Gasteiger partial charge in [-0.05, 0) is 11.1 Å². The van der Waals surface area contributed by atoms with E-state index in [1.807, 2.05) is 29.6 Å². The SMILES string of the molecule is N#Cc1n[nH]nc1-c1csc(-c2ccc(-c3ccccc3)cc2)n1. The monoisotopic (exact) mass is 329 g/mol. The summed E-state index contributed by atoms with van der Waals surface area (Å²) in [5.41, 5.74) is 4.79. The van der Waals surface area contributed by atoms with E-state index in [0.29, 0.717) is 11.4 Å². The zero-order valence-corrected chi connectivity index (χ0v) is 13.3. The van der Waals surface area contributed by atoms with E-state index in [2.05, 4.69) is 56.8 Å². The zero-order chi connectivity index (χ0) is 16.4. The topological polar surface area (TPSA) is 78.2 Å². The Labute approximate surface area is 142 Å². The van der Waals surface area contributed by atoms with Gasteiger partial charge in [-0.3, -0.25) is 0 Å². The van der Waals surface area contributed by atoms with E-state index in [1.165, 1.54) is 22.5 Å². The van der Waals surface area contributed by atoms with Crippen LogP contribution in [0.1, 0.15) is 5.69 Å². The molecule has 4 aromatic rings. The molecule has 1 N–H and O–H groups in total. The minimum Gasteiger partial charge on any atom is -0.234 e. The molecule has 114 valence electrons. The zero-order valence-electron chi connectivity index (χ0n) is 12.5. The summed E-state index contributed by atoms with van der Waals surface area (Å²) >= 11 is 1.52. The molecule has 5 nitrogen and oxygen atoms in total. The molecule has 0 atom stereocenters. The van der Waals surface area contributed by atoms with Gasteiger partial charge in [0.2, 0.25) is 0 Å². The van der Waals surface area contributed by atoms with Gasteiger partial charge in [-0.15, -0.1) is 16.4 Å². The smallest absolute Gasteiger partial charge is 0.192 e. The lowest BCUT2D eigenvalue weighted by atomic mass is 10.0. The highest BCUT2D eigenvalue weighted by Crippen LogP contribution is 2.30. The number of aromatic amines is 1. The van der Waals surface area contributed by atoms with Gasteiger partial charge in [0.15, 0.2) is 5.69 Å². The first-order chi connectivity index (χ1) is 11.8. The molecule has 0 spiro atoms. The lowest BCUT2D eigenvalue weighted by Gasteiger charge is -2.02. The third-order valence-corrected chi connectivity index (χ3v) is 4.53. The number of hydrogen-bond donors (Lipinski definition) is 1. The molecular formula is C18H11N5S. The summed E-state index contributed by atoms with van der Waals surface area (Å²) in [6.07, 6.45) is 0. The van der Waals surface area contributed by atoms with E-state index in [1.54, 1.807) is 0 Å². The van der Waals surface area contributed by atoms with Crippen LogP contribution in [-0.4, -0.2) is 20.4 Å². The number of benzene rings is 2. The van der Waals surface area contributed by atoms with Crippen LogP contribution in [-0.2, 0) is 0 Å². The Morgan fingerprint density at radius 3 is 2.33 bits per heavy atom. The van der Waals surface area contributed by atoms with E-state index in [0.717, 1.165) is 10.6 Å². The Hall–Kier alpha value is -3.30. The molecule has 0 bridgehead atoms. The predicted octanol–water partition coefficient (Wildman–Crippen LogP) is 4.13. The third kappa shape index (κ3) is 2.57. The molecule has 0 aliphatic heterocycles. The van der Waals surface area contributed by atoms with Crippen molar-refractivity contribution in [2.75, 3.05) is 0 Å². The maximum Gasteiger partial charge on any atom is 0.192 e. The van der Waals surface area contributed by atoms with Gasteiger partial charge in [-0.2, -0.15) is 15.6 Å². The van der Waals surface area contributed by atoms with Gasteiger partial charge in [0.05, 0.1) is 0 Å². The van der Waals surface area contributed by atoms with Crippen molar-refractivity contribution in [1.29, 1.82) is 5.26 Å². The van der Waals surface area contributed by atoms with E-state index < -0.39 is 0 Å². The largest absolute Gasteiger partial charge is 0.234 e. The van der Waals surface area contributed by atoms with Crippen LogP contribution in [0.5, 0.6) is 0 Å². The second kappa shape index (κ2) is 6.07. The number of nitrogens with zero attached hydrogens (tertiary/aromatic N) is 4. The van der Waals surface area contributed by atoms with E-state index in [9.17, 15) is 0 Å². The lowest BCUT2D eigenvalue weighted by molar-refractivity contribution is 0.936. The average molecular weight is 329 g/mol. The maximum atomic E-state index is 9.03. The average Bonchev–Trinajstić information content (AvgIpc) is 3.31. The third-order valence-electron chi connectivity index (χ3n) is 3.64. The molecular weight excluding hydrogens is 318 g/mol. The van der Waals surface area contributed by atoms with Gasteiger partial charge in [-0.1, -0.05) is 54.6 Å². The standard InChI is InChI=1S/C18H11N5S/c19-10-15-17(22-23-21-15)16-11-24-18(20-16)14-8-6-13(7-9-14)12-4-2-1-3-5-12/h1-9,11H,(H,21,22,23). The van der Waals surface area contributed by atoms with Crippen LogP contribution >= 0.6 is 11.3 Å². The van der Waals surface area contributed by atoms with Crippen molar-refractivity contribution in [1.82, 2.24) is 20.4 Å². The van der Waals surface area contributed by atoms with Crippen molar-refractivity contribution in [2.45, 2.75) is 0 Å². The first kappa shape index (κ1) is 14.3. The quantitative estimate of drug-likeness (QED) is 0.613. The Bertz CT molecular complexity index is 1010. The molecule has 0 unspecified atom stereocenters. The van der Waals surface area contributed by atoms with Crippen LogP contribution in [0.15, 0.2) is 60.0 Å². The van der Waals surface area contributed by atoms with Crippen molar-refractivity contribution in [3.63, 3.8) is 0 Å². The molecule has 6 heteroatoms. The van der Waals surface area contributed by atoms with Crippen molar-refractivity contribution < 1.29 is 0 Å². The van der Waals surface area contributed by atoms with Gasteiger partial charge in [0, 0.05) is 10.9 Å². The second-order valence-electron chi connectivity index (χ2n) is 5.11. The predicted molar refractivity (Wildman–Crippen MR) is 93.1 cm³/mol. The number of aromatic nitrogens is 4. The van der Waals surface area contributed by atoms with Crippen molar-refractivity contribution in [3.8, 4) is 39.2 Å². The van der Waals surface area contributed by atoms with Gasteiger partial charge in [-0.25, -0.2) is 4.98 Å². The van der Waals surface area contributed by atoms with Gasteiger partial charge in [0.1, 0.15) is 22.5 Å². The highest BCUT2D eigenvalue weighted by Gasteiger charge is 2.14. The van der Waals surface area contributed by atoms with Crippen LogP contribution in [0.3, 0.4) is 0 Å². The fourth-order valence-electron chi connectivity index (χ4n) is 2.44. The summed E-state index contributed by atoms with van der Waals surface area (Å²) in [5, 5.41) is 22.1. The van der Waals surface area contributed by atoms with Crippen LogP contribution in [0, 0.1) is 11.3 Å². The molecule has 4 rings (SSSR count). The second-order valence-corrected chi connectivity index (χ2v) is 5.97. The van der Waals surface area contributed by atoms with Crippen LogP contribution < -0.4 is 0 Å². The molecule has 0 saturated carbocycles. The highest BCUT2D eigenvalue weighted by molar-refractivity contribution is 7.13. The van der Waals surface area contributed by atoms with Crippen molar-refractivity contribution in [3.05, 3.63) is 65.7 Å². The first-order valence-corrected chi connectivity index (χ1v) is 8.16. The number of rotatable bonds is 3. The molecule has 2 heterocycles. The summed E-state index contributed by atoms with van der Waals surface area (Å²) in [6, 6.07) is 20.5. The Kier molecular flexibility index (Phi) is 3.61. The van der Waals surface area contributed by atoms with Crippen molar-refractivity contribution in [2.24, 2.45) is 0 Å². The number of H-pyrrole nitrogens is 1. The minimum absolute atomic E-state index is 0.256. The molecule has 0 fully saturated rings. The molecule has 0 aliphatic rings. The summed E-state index contributed by atoms with van der Waals surface area (Å²) in [6.45, 7) is 0. The van der Waals surface area contributed by atoms with Crippen LogP contribution in [0.4, 0.5) is 0 Å². The maximum absolute atomic E-state index is 9.03. The summed E-state index contributed by atoms with van der Waals surface area (Å²) in [7, 11) is 0. The molecule has 24 heavy (non-hydrogen) atoms. The van der Waals surface area contributed by atoms with E-state index in [4.69, 9.17) is 5.26 Å². The fourth-order valence-corrected chi connectivity index (χ4v) is 3.25. The molecule has 0 aliphatic carbocycles. The lowest BCUT2D eigenvalue weighted by Crippen LogP contribution is -1.84. The van der Waals surface area contributed by atoms with Crippen LogP contribution in [0.2, 0.25) is 0 Å². The Morgan fingerprint density at radius 1 is 0.875 bits per heavy atom. The Balaban J connectivity index is 1.65. The number of hydrogen-bond acceptors (Lipinski definition) is 5. The number of thiazole rings is 1. The molecule has 0 saturated heterocycles. The van der Waals surface area contributed by atoms with Gasteiger partial charge in [0.25, 0.3) is 0 Å². The minimum atomic E-state index is 0.256. The molecule has 0 radical (unpaired) electrons. The highest BCUT2D eigenvalue weighted by atomic mass is 32.1. The van der Waals surface area contributed by atoms with E-state index in [-0.39, 0.29) is 5.69 Å². The normalized spacial score (nSPS) is 10.5. The van der Waals surface area contributed by atoms with Crippen LogP contribution in [0.25, 0.3) is 33.1 Å². The number of nitrogens with one attached hydrogen (secondary N) is 1. The summed E-state index contributed by atoms with van der Waals surface area (Å²) in [5.74, 6) is 0. The molecule has 2 aromatic carbocycles. The first-order valence-electron chi connectivity index (χ1n) is 7.28. The fraction of sp³-hybridized carbons (Fsp3) is 0. The van der Waals surface area contributed by atoms with Gasteiger partial charge < -0.3 is 0 Å². The summed E-state index contributed by atoms with van der Waals surface area (Å²) < 4.78 is 0. The molecule has 0 amide bonds. The Morgan fingerprint density at radius 2 is 1.58 bits per heavy atom. The molecule has 2 aromatic heterocycles. The number of nitriles is 1. The summed E-state index contributed by atoms with van der Waals surface area (Å²) in [4.78, 5) is 4.58. The van der Waals surface area contributed by atoms with E-state index >= 15 is 0 Å².